The maximum Gasteiger partial charge on any atom is 0.262 e. The monoisotopic (exact) mass is 371 g/mol. The Hall–Kier alpha value is -3.40. The standard InChI is InChI=1S/C24H25N3O/c1-3-22(25-23-15-9-13-20-12-7-8-14-21(20)23)24(28)27-26-18(2)16-17-19-10-5-4-6-11-19/h4-17,22,25H,3H2,1-2H3,(H,27,28)/b17-16+,26-18-/t22-/m0/s1. The Morgan fingerprint density at radius 2 is 1.71 bits per heavy atom. The molecule has 28 heavy (non-hydrogen) atoms. The Morgan fingerprint density at radius 3 is 2.50 bits per heavy atom. The van der Waals surface area contributed by atoms with Crippen LogP contribution in [0.3, 0.4) is 0 Å². The van der Waals surface area contributed by atoms with Crippen molar-refractivity contribution >= 4 is 34.2 Å². The van der Waals surface area contributed by atoms with Crippen molar-refractivity contribution in [3.05, 3.63) is 84.4 Å². The number of rotatable bonds is 7. The summed E-state index contributed by atoms with van der Waals surface area (Å²) in [5.41, 5.74) is 5.45. The molecule has 3 aromatic carbocycles. The molecule has 0 aliphatic carbocycles. The third kappa shape index (κ3) is 5.07. The zero-order valence-electron chi connectivity index (χ0n) is 16.2. The van der Waals surface area contributed by atoms with Crippen LogP contribution < -0.4 is 10.7 Å². The summed E-state index contributed by atoms with van der Waals surface area (Å²) in [6.45, 7) is 3.84. The highest BCUT2D eigenvalue weighted by Crippen LogP contribution is 2.24. The zero-order chi connectivity index (χ0) is 19.8. The third-order valence-corrected chi connectivity index (χ3v) is 4.50. The van der Waals surface area contributed by atoms with E-state index in [1.165, 1.54) is 0 Å². The third-order valence-electron chi connectivity index (χ3n) is 4.50. The number of nitrogens with zero attached hydrogens (tertiary/aromatic N) is 1. The molecule has 4 nitrogen and oxygen atoms in total. The number of nitrogens with one attached hydrogen (secondary N) is 2. The van der Waals surface area contributed by atoms with E-state index < -0.39 is 0 Å². The van der Waals surface area contributed by atoms with Gasteiger partial charge in [0, 0.05) is 11.1 Å². The Morgan fingerprint density at radius 1 is 1.00 bits per heavy atom. The Bertz CT molecular complexity index is 988. The molecule has 3 rings (SSSR count). The van der Waals surface area contributed by atoms with E-state index in [2.05, 4.69) is 34.0 Å². The lowest BCUT2D eigenvalue weighted by Gasteiger charge is -2.18. The van der Waals surface area contributed by atoms with Crippen LogP contribution in [0, 0.1) is 0 Å². The summed E-state index contributed by atoms with van der Waals surface area (Å²) in [6.07, 6.45) is 4.51. The molecule has 0 saturated heterocycles. The Labute approximate surface area is 166 Å². The second-order valence-corrected chi connectivity index (χ2v) is 6.61. The molecule has 0 radical (unpaired) electrons. The van der Waals surface area contributed by atoms with Gasteiger partial charge in [0.25, 0.3) is 5.91 Å². The van der Waals surface area contributed by atoms with Gasteiger partial charge in [-0.15, -0.1) is 0 Å². The fraction of sp³-hybridized carbons (Fsp3) is 0.167. The van der Waals surface area contributed by atoms with Crippen molar-refractivity contribution in [1.29, 1.82) is 0 Å². The Balaban J connectivity index is 1.65. The topological polar surface area (TPSA) is 53.5 Å². The molecule has 0 spiro atoms. The summed E-state index contributed by atoms with van der Waals surface area (Å²) in [7, 11) is 0. The van der Waals surface area contributed by atoms with Crippen molar-refractivity contribution in [3.63, 3.8) is 0 Å². The van der Waals surface area contributed by atoms with E-state index in [4.69, 9.17) is 0 Å². The van der Waals surface area contributed by atoms with Gasteiger partial charge in [-0.1, -0.05) is 79.7 Å². The predicted octanol–water partition coefficient (Wildman–Crippen LogP) is 5.24. The maximum atomic E-state index is 12.6. The number of allylic oxidation sites excluding steroid dienone is 1. The van der Waals surface area contributed by atoms with Crippen molar-refractivity contribution in [2.75, 3.05) is 5.32 Å². The quantitative estimate of drug-likeness (QED) is 0.441. The van der Waals surface area contributed by atoms with Crippen LogP contribution in [0.4, 0.5) is 5.69 Å². The summed E-state index contributed by atoms with van der Waals surface area (Å²) in [4.78, 5) is 12.6. The van der Waals surface area contributed by atoms with E-state index >= 15 is 0 Å². The number of hydrogen-bond acceptors (Lipinski definition) is 3. The highest BCUT2D eigenvalue weighted by atomic mass is 16.2. The minimum atomic E-state index is -0.361. The molecule has 1 atom stereocenters. The first-order chi connectivity index (χ1) is 13.7. The lowest BCUT2D eigenvalue weighted by atomic mass is 10.1. The minimum absolute atomic E-state index is 0.150. The van der Waals surface area contributed by atoms with Gasteiger partial charge in [0.2, 0.25) is 0 Å². The van der Waals surface area contributed by atoms with Crippen LogP contribution in [0.1, 0.15) is 25.8 Å². The SMILES string of the molecule is CC[C@H](Nc1cccc2ccccc12)C(=O)N/N=C(C)\C=C\c1ccccc1. The fourth-order valence-corrected chi connectivity index (χ4v) is 2.93. The number of benzene rings is 3. The molecular formula is C24H25N3O. The molecule has 0 unspecified atom stereocenters. The molecule has 0 saturated carbocycles. The van der Waals surface area contributed by atoms with Crippen LogP contribution in [-0.4, -0.2) is 17.7 Å². The number of fused-ring (bicyclic) bond motifs is 1. The smallest absolute Gasteiger partial charge is 0.262 e. The molecule has 3 aromatic rings. The van der Waals surface area contributed by atoms with E-state index in [9.17, 15) is 4.79 Å². The van der Waals surface area contributed by atoms with Gasteiger partial charge in [-0.3, -0.25) is 4.79 Å². The van der Waals surface area contributed by atoms with Gasteiger partial charge in [-0.05, 0) is 36.4 Å². The molecule has 0 fully saturated rings. The van der Waals surface area contributed by atoms with Gasteiger partial charge in [-0.25, -0.2) is 5.43 Å². The number of hydrogen-bond donors (Lipinski definition) is 2. The molecule has 0 aliphatic heterocycles. The molecule has 0 bridgehead atoms. The number of carbonyl (C=O) groups excluding carboxylic acids is 1. The summed E-state index contributed by atoms with van der Waals surface area (Å²) in [6, 6.07) is 23.8. The number of anilines is 1. The van der Waals surface area contributed by atoms with Crippen molar-refractivity contribution in [2.24, 2.45) is 5.10 Å². The van der Waals surface area contributed by atoms with E-state index in [0.717, 1.165) is 27.7 Å². The van der Waals surface area contributed by atoms with Gasteiger partial charge in [0.1, 0.15) is 6.04 Å². The van der Waals surface area contributed by atoms with Crippen molar-refractivity contribution < 1.29 is 4.79 Å². The minimum Gasteiger partial charge on any atom is -0.373 e. The number of hydrazone groups is 1. The first-order valence-corrected chi connectivity index (χ1v) is 9.49. The lowest BCUT2D eigenvalue weighted by molar-refractivity contribution is -0.121. The average Bonchev–Trinajstić information content (AvgIpc) is 2.75. The molecule has 0 heterocycles. The van der Waals surface area contributed by atoms with Gasteiger partial charge >= 0.3 is 0 Å². The lowest BCUT2D eigenvalue weighted by Crippen LogP contribution is -2.37. The van der Waals surface area contributed by atoms with Crippen LogP contribution >= 0.6 is 0 Å². The maximum absolute atomic E-state index is 12.6. The Kier molecular flexibility index (Phi) is 6.58. The summed E-state index contributed by atoms with van der Waals surface area (Å²) in [5, 5.41) is 9.80. The predicted molar refractivity (Wildman–Crippen MR) is 118 cm³/mol. The van der Waals surface area contributed by atoms with Crippen molar-refractivity contribution in [2.45, 2.75) is 26.3 Å². The molecular weight excluding hydrogens is 346 g/mol. The molecule has 0 aliphatic rings. The molecule has 0 aromatic heterocycles. The summed E-state index contributed by atoms with van der Waals surface area (Å²) < 4.78 is 0. The van der Waals surface area contributed by atoms with Gasteiger partial charge in [-0.2, -0.15) is 5.10 Å². The first kappa shape index (κ1) is 19.4. The second-order valence-electron chi connectivity index (χ2n) is 6.61. The van der Waals surface area contributed by atoms with Crippen LogP contribution in [0.5, 0.6) is 0 Å². The van der Waals surface area contributed by atoms with Crippen LogP contribution in [0.15, 0.2) is 84.0 Å². The van der Waals surface area contributed by atoms with Crippen molar-refractivity contribution in [3.8, 4) is 0 Å². The molecule has 1 amide bonds. The van der Waals surface area contributed by atoms with E-state index in [-0.39, 0.29) is 11.9 Å². The van der Waals surface area contributed by atoms with E-state index in [1.54, 1.807) is 0 Å². The molecule has 142 valence electrons. The van der Waals surface area contributed by atoms with Crippen LogP contribution in [0.25, 0.3) is 16.8 Å². The van der Waals surface area contributed by atoms with Gasteiger partial charge < -0.3 is 5.32 Å². The van der Waals surface area contributed by atoms with Crippen LogP contribution in [0.2, 0.25) is 0 Å². The normalized spacial score (nSPS) is 12.9. The van der Waals surface area contributed by atoms with E-state index in [1.807, 2.05) is 80.6 Å². The highest BCUT2D eigenvalue weighted by Gasteiger charge is 2.16. The number of carbonyl (C=O) groups is 1. The summed E-state index contributed by atoms with van der Waals surface area (Å²) in [5.74, 6) is -0.150. The second kappa shape index (κ2) is 9.51. The largest absolute Gasteiger partial charge is 0.373 e. The van der Waals surface area contributed by atoms with Crippen molar-refractivity contribution in [1.82, 2.24) is 5.43 Å². The zero-order valence-corrected chi connectivity index (χ0v) is 16.2. The van der Waals surface area contributed by atoms with Gasteiger partial charge in [0.15, 0.2) is 0 Å². The van der Waals surface area contributed by atoms with Gasteiger partial charge in [0.05, 0.1) is 5.71 Å². The highest BCUT2D eigenvalue weighted by molar-refractivity contribution is 5.98. The fourth-order valence-electron chi connectivity index (χ4n) is 2.93. The van der Waals surface area contributed by atoms with E-state index in [0.29, 0.717) is 6.42 Å². The number of amides is 1. The van der Waals surface area contributed by atoms with Crippen LogP contribution in [-0.2, 0) is 4.79 Å². The first-order valence-electron chi connectivity index (χ1n) is 9.49. The molecule has 2 N–H and O–H groups in total. The summed E-state index contributed by atoms with van der Waals surface area (Å²) >= 11 is 0. The average molecular weight is 371 g/mol. The molecule has 4 heteroatoms.